The van der Waals surface area contributed by atoms with Crippen molar-refractivity contribution in [2.75, 3.05) is 13.7 Å². The minimum absolute atomic E-state index is 0.185. The van der Waals surface area contributed by atoms with Crippen molar-refractivity contribution < 1.29 is 14.3 Å². The average Bonchev–Trinajstić information content (AvgIpc) is 2.82. The molecular weight excluding hydrogens is 436 g/mol. The summed E-state index contributed by atoms with van der Waals surface area (Å²) >= 11 is 6.09. The first-order valence-electron chi connectivity index (χ1n) is 10.9. The number of carbonyl (C=O) groups excluding carboxylic acids is 2. The number of amides is 2. The Kier molecular flexibility index (Phi) is 8.50. The van der Waals surface area contributed by atoms with Crippen LogP contribution in [0.3, 0.4) is 0 Å². The van der Waals surface area contributed by atoms with Gasteiger partial charge in [0.2, 0.25) is 5.91 Å². The number of benzene rings is 3. The minimum Gasteiger partial charge on any atom is -0.484 e. The maximum atomic E-state index is 13.4. The Bertz CT molecular complexity index is 1100. The largest absolute Gasteiger partial charge is 0.484 e. The number of ether oxygens (including phenoxy) is 1. The highest BCUT2D eigenvalue weighted by Crippen LogP contribution is 2.22. The maximum absolute atomic E-state index is 13.4. The van der Waals surface area contributed by atoms with Gasteiger partial charge < -0.3 is 15.0 Å². The fourth-order valence-corrected chi connectivity index (χ4v) is 3.78. The summed E-state index contributed by atoms with van der Waals surface area (Å²) in [5.74, 6) is 0.0659. The van der Waals surface area contributed by atoms with Gasteiger partial charge >= 0.3 is 0 Å². The van der Waals surface area contributed by atoms with Gasteiger partial charge in [-0.2, -0.15) is 0 Å². The Morgan fingerprint density at radius 3 is 2.36 bits per heavy atom. The molecule has 3 rings (SSSR count). The van der Waals surface area contributed by atoms with E-state index in [4.69, 9.17) is 16.3 Å². The number of rotatable bonds is 9. The van der Waals surface area contributed by atoms with Crippen LogP contribution in [0.1, 0.15) is 22.3 Å². The summed E-state index contributed by atoms with van der Waals surface area (Å²) in [6.45, 7) is 3.99. The Morgan fingerprint density at radius 1 is 0.970 bits per heavy atom. The van der Waals surface area contributed by atoms with Gasteiger partial charge in [-0.1, -0.05) is 71.8 Å². The van der Waals surface area contributed by atoms with Crippen molar-refractivity contribution >= 4 is 23.4 Å². The van der Waals surface area contributed by atoms with E-state index in [2.05, 4.69) is 5.32 Å². The number of carbonyl (C=O) groups is 2. The molecule has 0 aliphatic carbocycles. The third-order valence-electron chi connectivity index (χ3n) is 5.44. The highest BCUT2D eigenvalue weighted by molar-refractivity contribution is 6.31. The third kappa shape index (κ3) is 6.83. The molecule has 0 saturated heterocycles. The topological polar surface area (TPSA) is 58.6 Å². The van der Waals surface area contributed by atoms with Crippen molar-refractivity contribution in [3.63, 3.8) is 0 Å². The molecule has 0 fully saturated rings. The van der Waals surface area contributed by atoms with Crippen LogP contribution in [0.25, 0.3) is 0 Å². The van der Waals surface area contributed by atoms with Gasteiger partial charge in [0.15, 0.2) is 6.61 Å². The third-order valence-corrected chi connectivity index (χ3v) is 5.87. The molecule has 5 nitrogen and oxygen atoms in total. The number of likely N-dealkylation sites (N-methyl/N-ethyl adjacent to an activating group) is 1. The lowest BCUT2D eigenvalue weighted by Gasteiger charge is -2.31. The summed E-state index contributed by atoms with van der Waals surface area (Å²) in [7, 11) is 1.59. The molecule has 0 spiro atoms. The SMILES string of the molecule is CNC(=O)C(Cc1ccccc1)N(Cc1cccc(C)c1)C(=O)COc1ccc(Cl)c(C)c1. The van der Waals surface area contributed by atoms with E-state index < -0.39 is 6.04 Å². The monoisotopic (exact) mass is 464 g/mol. The quantitative estimate of drug-likeness (QED) is 0.498. The highest BCUT2D eigenvalue weighted by atomic mass is 35.5. The molecule has 6 heteroatoms. The molecule has 2 amide bonds. The second kappa shape index (κ2) is 11.5. The van der Waals surface area contributed by atoms with Crippen molar-refractivity contribution in [1.82, 2.24) is 10.2 Å². The fourth-order valence-electron chi connectivity index (χ4n) is 3.66. The molecule has 0 bridgehead atoms. The molecule has 1 N–H and O–H groups in total. The summed E-state index contributed by atoms with van der Waals surface area (Å²) in [6.07, 6.45) is 0.401. The summed E-state index contributed by atoms with van der Waals surface area (Å²) in [6, 6.07) is 22.2. The van der Waals surface area contributed by atoms with Crippen molar-refractivity contribution in [3.05, 3.63) is 100 Å². The molecule has 1 unspecified atom stereocenters. The van der Waals surface area contributed by atoms with Crippen LogP contribution in [0.4, 0.5) is 0 Å². The normalized spacial score (nSPS) is 11.5. The Hall–Kier alpha value is -3.31. The molecule has 3 aromatic rings. The van der Waals surface area contributed by atoms with Crippen LogP contribution in [0.2, 0.25) is 5.02 Å². The minimum atomic E-state index is -0.680. The first kappa shape index (κ1) is 24.3. The number of halogens is 1. The lowest BCUT2D eigenvalue weighted by Crippen LogP contribution is -2.51. The van der Waals surface area contributed by atoms with E-state index in [-0.39, 0.29) is 18.4 Å². The molecule has 0 heterocycles. The van der Waals surface area contributed by atoms with Crippen LogP contribution in [-0.2, 0) is 22.6 Å². The van der Waals surface area contributed by atoms with Crippen molar-refractivity contribution in [2.45, 2.75) is 32.9 Å². The lowest BCUT2D eigenvalue weighted by atomic mass is 10.0. The van der Waals surface area contributed by atoms with Gasteiger partial charge in [-0.3, -0.25) is 9.59 Å². The summed E-state index contributed by atoms with van der Waals surface area (Å²) in [4.78, 5) is 27.9. The zero-order chi connectivity index (χ0) is 23.8. The number of aryl methyl sites for hydroxylation is 2. The van der Waals surface area contributed by atoms with Crippen LogP contribution >= 0.6 is 11.6 Å². The molecule has 0 aliphatic heterocycles. The van der Waals surface area contributed by atoms with Gasteiger partial charge in [0, 0.05) is 25.0 Å². The predicted molar refractivity (Wildman–Crippen MR) is 131 cm³/mol. The van der Waals surface area contributed by atoms with E-state index in [1.807, 2.05) is 68.4 Å². The van der Waals surface area contributed by atoms with Gasteiger partial charge in [0.05, 0.1) is 0 Å². The average molecular weight is 465 g/mol. The van der Waals surface area contributed by atoms with Crippen LogP contribution < -0.4 is 10.1 Å². The first-order chi connectivity index (χ1) is 15.9. The first-order valence-corrected chi connectivity index (χ1v) is 11.2. The molecule has 0 saturated carbocycles. The van der Waals surface area contributed by atoms with E-state index in [1.165, 1.54) is 0 Å². The van der Waals surface area contributed by atoms with E-state index in [9.17, 15) is 9.59 Å². The molecule has 0 aliphatic rings. The van der Waals surface area contributed by atoms with Crippen LogP contribution in [0.5, 0.6) is 5.75 Å². The molecule has 0 radical (unpaired) electrons. The number of hydrogen-bond acceptors (Lipinski definition) is 3. The Labute approximate surface area is 200 Å². The standard InChI is InChI=1S/C27H29ClN2O3/c1-19-8-7-11-22(14-19)17-30(25(27(32)29-3)16-21-9-5-4-6-10-21)26(31)18-33-23-12-13-24(28)20(2)15-23/h4-15,25H,16-18H2,1-3H3,(H,29,32). The van der Waals surface area contributed by atoms with E-state index in [0.29, 0.717) is 23.7 Å². The zero-order valence-electron chi connectivity index (χ0n) is 19.2. The van der Waals surface area contributed by atoms with Crippen molar-refractivity contribution in [2.24, 2.45) is 0 Å². The lowest BCUT2D eigenvalue weighted by molar-refractivity contribution is -0.142. The maximum Gasteiger partial charge on any atom is 0.261 e. The van der Waals surface area contributed by atoms with E-state index in [1.54, 1.807) is 30.1 Å². The number of nitrogens with one attached hydrogen (secondary N) is 1. The van der Waals surface area contributed by atoms with Gasteiger partial charge in [0.1, 0.15) is 11.8 Å². The van der Waals surface area contributed by atoms with E-state index >= 15 is 0 Å². The Morgan fingerprint density at radius 2 is 1.70 bits per heavy atom. The molecule has 172 valence electrons. The molecule has 1 atom stereocenters. The smallest absolute Gasteiger partial charge is 0.261 e. The van der Waals surface area contributed by atoms with Gasteiger partial charge in [0.25, 0.3) is 5.91 Å². The molecule has 0 aromatic heterocycles. The molecular formula is C27H29ClN2O3. The van der Waals surface area contributed by atoms with Gasteiger partial charge in [-0.25, -0.2) is 0 Å². The second-order valence-electron chi connectivity index (χ2n) is 8.03. The van der Waals surface area contributed by atoms with E-state index in [0.717, 1.165) is 22.3 Å². The summed E-state index contributed by atoms with van der Waals surface area (Å²) < 4.78 is 5.78. The summed E-state index contributed by atoms with van der Waals surface area (Å²) in [5.41, 5.74) is 3.88. The highest BCUT2D eigenvalue weighted by Gasteiger charge is 2.30. The van der Waals surface area contributed by atoms with Gasteiger partial charge in [-0.05, 0) is 48.7 Å². The van der Waals surface area contributed by atoms with Crippen LogP contribution in [-0.4, -0.2) is 36.4 Å². The number of nitrogens with zero attached hydrogens (tertiary/aromatic N) is 1. The molecule has 33 heavy (non-hydrogen) atoms. The Balaban J connectivity index is 1.87. The van der Waals surface area contributed by atoms with Gasteiger partial charge in [-0.15, -0.1) is 0 Å². The van der Waals surface area contributed by atoms with Crippen molar-refractivity contribution in [1.29, 1.82) is 0 Å². The second-order valence-corrected chi connectivity index (χ2v) is 8.44. The fraction of sp³-hybridized carbons (Fsp3) is 0.259. The number of hydrogen-bond donors (Lipinski definition) is 1. The van der Waals surface area contributed by atoms with Crippen LogP contribution in [0.15, 0.2) is 72.8 Å². The van der Waals surface area contributed by atoms with Crippen LogP contribution in [0, 0.1) is 13.8 Å². The zero-order valence-corrected chi connectivity index (χ0v) is 19.9. The summed E-state index contributed by atoms with van der Waals surface area (Å²) in [5, 5.41) is 3.35. The predicted octanol–water partition coefficient (Wildman–Crippen LogP) is 4.72. The molecule has 3 aromatic carbocycles. The van der Waals surface area contributed by atoms with Crippen molar-refractivity contribution in [3.8, 4) is 5.75 Å².